The van der Waals surface area contributed by atoms with E-state index in [9.17, 15) is 9.59 Å². The van der Waals surface area contributed by atoms with Crippen LogP contribution in [-0.4, -0.2) is 32.6 Å². The van der Waals surface area contributed by atoms with E-state index in [0.29, 0.717) is 12.2 Å². The van der Waals surface area contributed by atoms with Gasteiger partial charge in [-0.2, -0.15) is 0 Å². The first-order valence-electron chi connectivity index (χ1n) is 9.73. The van der Waals surface area contributed by atoms with E-state index in [-0.39, 0.29) is 24.3 Å². The highest BCUT2D eigenvalue weighted by atomic mass is 16.5. The number of hydrogen-bond acceptors (Lipinski definition) is 4. The molecule has 2 N–H and O–H groups in total. The van der Waals surface area contributed by atoms with Gasteiger partial charge in [0, 0.05) is 19.3 Å². The van der Waals surface area contributed by atoms with Gasteiger partial charge in [-0.3, -0.25) is 9.59 Å². The Morgan fingerprint density at radius 3 is 2.50 bits per heavy atom. The Bertz CT molecular complexity index is 1050. The molecule has 0 aliphatic carbocycles. The van der Waals surface area contributed by atoms with E-state index in [0.717, 1.165) is 27.6 Å². The zero-order valence-electron chi connectivity index (χ0n) is 17.4. The van der Waals surface area contributed by atoms with Crippen molar-refractivity contribution in [3.05, 3.63) is 71.8 Å². The molecule has 3 rings (SSSR count). The molecular weight excluding hydrogens is 380 g/mol. The molecule has 6 nitrogen and oxygen atoms in total. The maximum absolute atomic E-state index is 12.7. The molecule has 30 heavy (non-hydrogen) atoms. The number of benzene rings is 3. The number of methoxy groups -OCH3 is 2. The molecule has 0 aliphatic rings. The molecule has 0 spiro atoms. The normalized spacial score (nSPS) is 11.7. The van der Waals surface area contributed by atoms with Crippen LogP contribution in [0, 0.1) is 0 Å². The number of fused-ring (bicyclic) bond motifs is 1. The highest BCUT2D eigenvalue weighted by molar-refractivity contribution is 5.92. The van der Waals surface area contributed by atoms with Crippen molar-refractivity contribution in [1.29, 1.82) is 0 Å². The molecule has 0 saturated heterocycles. The minimum atomic E-state index is -0.291. The van der Waals surface area contributed by atoms with Crippen molar-refractivity contribution in [2.45, 2.75) is 19.4 Å². The molecule has 6 heteroatoms. The maximum Gasteiger partial charge on any atom is 0.250 e. The molecule has 0 bridgehead atoms. The van der Waals surface area contributed by atoms with Crippen LogP contribution in [0.3, 0.4) is 0 Å². The quantitative estimate of drug-likeness (QED) is 0.596. The topological polar surface area (TPSA) is 76.7 Å². The number of amides is 2. The van der Waals surface area contributed by atoms with Crippen LogP contribution in [0.2, 0.25) is 0 Å². The monoisotopic (exact) mass is 406 g/mol. The average molecular weight is 406 g/mol. The van der Waals surface area contributed by atoms with Gasteiger partial charge >= 0.3 is 0 Å². The van der Waals surface area contributed by atoms with Crippen molar-refractivity contribution in [3.63, 3.8) is 0 Å². The first-order valence-corrected chi connectivity index (χ1v) is 9.73. The van der Waals surface area contributed by atoms with Crippen LogP contribution in [0.1, 0.15) is 24.0 Å². The van der Waals surface area contributed by atoms with E-state index in [1.807, 2.05) is 61.5 Å². The van der Waals surface area contributed by atoms with Crippen molar-refractivity contribution in [2.75, 3.05) is 26.1 Å². The van der Waals surface area contributed by atoms with E-state index in [4.69, 9.17) is 9.47 Å². The minimum absolute atomic E-state index is 0.00296. The summed E-state index contributed by atoms with van der Waals surface area (Å²) >= 11 is 0. The fourth-order valence-corrected chi connectivity index (χ4v) is 3.22. The van der Waals surface area contributed by atoms with E-state index in [1.165, 1.54) is 7.11 Å². The molecule has 2 amide bonds. The predicted octanol–water partition coefficient (Wildman–Crippen LogP) is 3.85. The van der Waals surface area contributed by atoms with Crippen LogP contribution in [0.5, 0.6) is 5.75 Å². The van der Waals surface area contributed by atoms with E-state index >= 15 is 0 Å². The Morgan fingerprint density at radius 2 is 1.73 bits per heavy atom. The Morgan fingerprint density at radius 1 is 0.967 bits per heavy atom. The predicted molar refractivity (Wildman–Crippen MR) is 118 cm³/mol. The lowest BCUT2D eigenvalue weighted by atomic mass is 9.97. The largest absolute Gasteiger partial charge is 0.497 e. The maximum atomic E-state index is 12.7. The first-order chi connectivity index (χ1) is 14.5. The SMILES string of the molecule is COCC(=O)Nc1cccc(CNC(=O)[C@@H](C)c2ccc3cc(OC)ccc3c2)c1. The number of anilines is 1. The van der Waals surface area contributed by atoms with Gasteiger partial charge < -0.3 is 20.1 Å². The highest BCUT2D eigenvalue weighted by Gasteiger charge is 2.15. The second-order valence-corrected chi connectivity index (χ2v) is 7.09. The Kier molecular flexibility index (Phi) is 7.03. The number of nitrogens with one attached hydrogen (secondary N) is 2. The van der Waals surface area contributed by atoms with E-state index in [2.05, 4.69) is 10.6 Å². The summed E-state index contributed by atoms with van der Waals surface area (Å²) in [5, 5.41) is 7.86. The standard InChI is InChI=1S/C24H26N2O4/c1-16(18-7-8-20-13-22(30-3)10-9-19(20)12-18)24(28)25-14-17-5-4-6-21(11-17)26-23(27)15-29-2/h4-13,16H,14-15H2,1-3H3,(H,25,28)(H,26,27)/t16-/m0/s1. The number of carbonyl (C=O) groups is 2. The fourth-order valence-electron chi connectivity index (χ4n) is 3.22. The zero-order valence-corrected chi connectivity index (χ0v) is 17.4. The molecule has 0 aliphatic heterocycles. The van der Waals surface area contributed by atoms with E-state index < -0.39 is 0 Å². The lowest BCUT2D eigenvalue weighted by molar-refractivity contribution is -0.122. The summed E-state index contributed by atoms with van der Waals surface area (Å²) < 4.78 is 10.1. The third-order valence-electron chi connectivity index (χ3n) is 4.92. The van der Waals surface area contributed by atoms with Gasteiger partial charge in [0.15, 0.2) is 0 Å². The van der Waals surface area contributed by atoms with Crippen molar-refractivity contribution >= 4 is 28.3 Å². The summed E-state index contributed by atoms with van der Waals surface area (Å²) in [5.74, 6) is 0.237. The zero-order chi connectivity index (χ0) is 21.5. The molecule has 3 aromatic carbocycles. The van der Waals surface area contributed by atoms with E-state index in [1.54, 1.807) is 13.2 Å². The van der Waals surface area contributed by atoms with Crippen molar-refractivity contribution < 1.29 is 19.1 Å². The average Bonchev–Trinajstić information content (AvgIpc) is 2.76. The first kappa shape index (κ1) is 21.3. The van der Waals surface area contributed by atoms with Gasteiger partial charge in [0.25, 0.3) is 0 Å². The van der Waals surface area contributed by atoms with Crippen molar-refractivity contribution in [1.82, 2.24) is 5.32 Å². The summed E-state index contributed by atoms with van der Waals surface area (Å²) in [6.45, 7) is 2.26. The molecule has 0 saturated carbocycles. The molecule has 3 aromatic rings. The molecule has 156 valence electrons. The molecule has 0 fully saturated rings. The van der Waals surface area contributed by atoms with Crippen LogP contribution >= 0.6 is 0 Å². The second kappa shape index (κ2) is 9.89. The third-order valence-corrected chi connectivity index (χ3v) is 4.92. The Balaban J connectivity index is 1.63. The Hall–Kier alpha value is -3.38. The van der Waals surface area contributed by atoms with Crippen LogP contribution in [0.15, 0.2) is 60.7 Å². The molecular formula is C24H26N2O4. The summed E-state index contributed by atoms with van der Waals surface area (Å²) in [6.07, 6.45) is 0. The second-order valence-electron chi connectivity index (χ2n) is 7.09. The lowest BCUT2D eigenvalue weighted by Crippen LogP contribution is -2.27. The van der Waals surface area contributed by atoms with Crippen molar-refractivity contribution in [3.8, 4) is 5.75 Å². The molecule has 1 atom stereocenters. The van der Waals surface area contributed by atoms with Gasteiger partial charge in [-0.25, -0.2) is 0 Å². The van der Waals surface area contributed by atoms with Gasteiger partial charge in [-0.1, -0.05) is 36.4 Å². The Labute approximate surface area is 176 Å². The minimum Gasteiger partial charge on any atom is -0.497 e. The lowest BCUT2D eigenvalue weighted by Gasteiger charge is -2.14. The number of carbonyl (C=O) groups excluding carboxylic acids is 2. The van der Waals surface area contributed by atoms with Gasteiger partial charge in [0.05, 0.1) is 13.0 Å². The highest BCUT2D eigenvalue weighted by Crippen LogP contribution is 2.25. The van der Waals surface area contributed by atoms with Gasteiger partial charge in [0.1, 0.15) is 12.4 Å². The molecule has 0 aromatic heterocycles. The van der Waals surface area contributed by atoms with Crippen molar-refractivity contribution in [2.24, 2.45) is 0 Å². The van der Waals surface area contributed by atoms with Crippen LogP contribution in [0.25, 0.3) is 10.8 Å². The summed E-state index contributed by atoms with van der Waals surface area (Å²) in [7, 11) is 3.12. The molecule has 0 heterocycles. The van der Waals surface area contributed by atoms with Gasteiger partial charge in [-0.05, 0) is 53.1 Å². The van der Waals surface area contributed by atoms with Crippen LogP contribution in [-0.2, 0) is 20.9 Å². The molecule has 0 radical (unpaired) electrons. The number of hydrogen-bond donors (Lipinski definition) is 2. The fraction of sp³-hybridized carbons (Fsp3) is 0.250. The van der Waals surface area contributed by atoms with Gasteiger partial charge in [0.2, 0.25) is 11.8 Å². The summed E-state index contributed by atoms with van der Waals surface area (Å²) in [6, 6.07) is 19.3. The van der Waals surface area contributed by atoms with Gasteiger partial charge in [-0.15, -0.1) is 0 Å². The van der Waals surface area contributed by atoms with Crippen LogP contribution in [0.4, 0.5) is 5.69 Å². The molecule has 0 unspecified atom stereocenters. The summed E-state index contributed by atoms with van der Waals surface area (Å²) in [5.41, 5.74) is 2.52. The summed E-state index contributed by atoms with van der Waals surface area (Å²) in [4.78, 5) is 24.3. The number of rotatable bonds is 8. The number of ether oxygens (including phenoxy) is 2. The van der Waals surface area contributed by atoms with Crippen LogP contribution < -0.4 is 15.4 Å². The third kappa shape index (κ3) is 5.36. The smallest absolute Gasteiger partial charge is 0.250 e.